The van der Waals surface area contributed by atoms with E-state index in [1.54, 1.807) is 12.1 Å². The third-order valence-electron chi connectivity index (χ3n) is 2.89. The van der Waals surface area contributed by atoms with E-state index in [1.807, 2.05) is 20.8 Å². The summed E-state index contributed by atoms with van der Waals surface area (Å²) >= 11 is 0. The van der Waals surface area contributed by atoms with Gasteiger partial charge in [0.1, 0.15) is 11.4 Å². The number of hydrogen-bond donors (Lipinski definition) is 1. The molecule has 98 valence electrons. The number of rotatable bonds is 6. The van der Waals surface area contributed by atoms with Gasteiger partial charge in [-0.2, -0.15) is 5.26 Å². The fourth-order valence-corrected chi connectivity index (χ4v) is 1.94. The Labute approximate surface area is 108 Å². The van der Waals surface area contributed by atoms with Gasteiger partial charge in [0.25, 0.3) is 0 Å². The highest BCUT2D eigenvalue weighted by Gasteiger charge is 2.25. The molecule has 1 atom stereocenters. The van der Waals surface area contributed by atoms with Crippen LogP contribution in [0.25, 0.3) is 0 Å². The first kappa shape index (κ1) is 14.5. The molecule has 0 saturated heterocycles. The zero-order chi connectivity index (χ0) is 13.6. The molecular formula is C14H20FN3. The maximum Gasteiger partial charge on any atom is 0.123 e. The first-order valence-electron chi connectivity index (χ1n) is 6.21. The maximum absolute atomic E-state index is 12.9. The number of hydrogen-bond acceptors (Lipinski definition) is 3. The molecule has 0 heterocycles. The van der Waals surface area contributed by atoms with Gasteiger partial charge in [-0.1, -0.05) is 6.92 Å². The van der Waals surface area contributed by atoms with Crippen molar-refractivity contribution in [3.63, 3.8) is 0 Å². The van der Waals surface area contributed by atoms with Gasteiger partial charge < -0.3 is 4.90 Å². The molecule has 0 bridgehead atoms. The van der Waals surface area contributed by atoms with E-state index in [9.17, 15) is 9.65 Å². The minimum absolute atomic E-state index is 0.246. The van der Waals surface area contributed by atoms with Gasteiger partial charge in [0.15, 0.2) is 0 Å². The Morgan fingerprint density at radius 3 is 2.39 bits per heavy atom. The fourth-order valence-electron chi connectivity index (χ4n) is 1.94. The summed E-state index contributed by atoms with van der Waals surface area (Å²) in [7, 11) is 0. The molecule has 0 aromatic heterocycles. The molecule has 0 fully saturated rings. The van der Waals surface area contributed by atoms with Crippen molar-refractivity contribution in [1.29, 1.82) is 5.26 Å². The smallest absolute Gasteiger partial charge is 0.123 e. The molecule has 0 radical (unpaired) electrons. The van der Waals surface area contributed by atoms with Crippen molar-refractivity contribution < 1.29 is 4.39 Å². The monoisotopic (exact) mass is 249 g/mol. The summed E-state index contributed by atoms with van der Waals surface area (Å²) in [6.45, 7) is 7.96. The number of nitriles is 1. The quantitative estimate of drug-likeness (QED) is 0.842. The van der Waals surface area contributed by atoms with Crippen LogP contribution in [0.1, 0.15) is 20.8 Å². The molecule has 0 amide bonds. The predicted molar refractivity (Wildman–Crippen MR) is 72.0 cm³/mol. The van der Waals surface area contributed by atoms with E-state index in [4.69, 9.17) is 0 Å². The van der Waals surface area contributed by atoms with Gasteiger partial charge in [-0.05, 0) is 44.7 Å². The molecule has 0 saturated carbocycles. The summed E-state index contributed by atoms with van der Waals surface area (Å²) in [5.74, 6) is -0.246. The minimum atomic E-state index is -0.598. The van der Waals surface area contributed by atoms with Crippen LogP contribution in [0, 0.1) is 17.1 Å². The van der Waals surface area contributed by atoms with Crippen LogP contribution < -0.4 is 10.2 Å². The molecule has 0 aliphatic heterocycles. The Morgan fingerprint density at radius 2 is 1.94 bits per heavy atom. The molecule has 4 heteroatoms. The molecule has 0 spiro atoms. The summed E-state index contributed by atoms with van der Waals surface area (Å²) in [5.41, 5.74) is 0.331. The van der Waals surface area contributed by atoms with Gasteiger partial charge >= 0.3 is 0 Å². The first-order valence-corrected chi connectivity index (χ1v) is 6.21. The number of halogens is 1. The molecule has 1 unspecified atom stereocenters. The minimum Gasteiger partial charge on any atom is -0.369 e. The van der Waals surface area contributed by atoms with E-state index in [2.05, 4.69) is 16.3 Å². The average Bonchev–Trinajstić information content (AvgIpc) is 2.37. The lowest BCUT2D eigenvalue weighted by atomic mass is 10.0. The number of nitrogens with one attached hydrogen (secondary N) is 1. The molecule has 1 aromatic carbocycles. The highest BCUT2D eigenvalue weighted by Crippen LogP contribution is 2.17. The number of nitrogens with zero attached hydrogens (tertiary/aromatic N) is 2. The third-order valence-corrected chi connectivity index (χ3v) is 2.89. The van der Waals surface area contributed by atoms with Crippen LogP contribution in [0.15, 0.2) is 24.3 Å². The largest absolute Gasteiger partial charge is 0.369 e. The lowest BCUT2D eigenvalue weighted by molar-refractivity contribution is 0.456. The second kappa shape index (κ2) is 6.36. The van der Waals surface area contributed by atoms with E-state index in [1.165, 1.54) is 12.1 Å². The molecular weight excluding hydrogens is 229 g/mol. The van der Waals surface area contributed by atoms with Gasteiger partial charge in [0.2, 0.25) is 0 Å². The standard InChI is InChI=1S/C14H20FN3/c1-4-17-14(3,10-16)11-18(5-2)13-8-6-12(15)7-9-13/h6-9,17H,4-5,11H2,1-3H3. The molecule has 3 nitrogen and oxygen atoms in total. The SMILES string of the molecule is CCNC(C)(C#N)CN(CC)c1ccc(F)cc1. The van der Waals surface area contributed by atoms with Crippen LogP contribution >= 0.6 is 0 Å². The fraction of sp³-hybridized carbons (Fsp3) is 0.500. The Balaban J connectivity index is 2.84. The Bertz CT molecular complexity index is 410. The number of benzene rings is 1. The van der Waals surface area contributed by atoms with Crippen LogP contribution in [0.4, 0.5) is 10.1 Å². The summed E-state index contributed by atoms with van der Waals surface area (Å²) in [6, 6.07) is 8.65. The van der Waals surface area contributed by atoms with Crippen molar-refractivity contribution >= 4 is 5.69 Å². The second-order valence-corrected chi connectivity index (χ2v) is 4.46. The number of anilines is 1. The van der Waals surface area contributed by atoms with E-state index < -0.39 is 5.54 Å². The zero-order valence-corrected chi connectivity index (χ0v) is 11.2. The van der Waals surface area contributed by atoms with Crippen molar-refractivity contribution in [2.24, 2.45) is 0 Å². The van der Waals surface area contributed by atoms with Crippen LogP contribution in [-0.4, -0.2) is 25.2 Å². The lowest BCUT2D eigenvalue weighted by Gasteiger charge is -2.32. The van der Waals surface area contributed by atoms with E-state index in [-0.39, 0.29) is 5.82 Å². The van der Waals surface area contributed by atoms with E-state index in [0.29, 0.717) is 6.54 Å². The molecule has 1 rings (SSSR count). The first-order chi connectivity index (χ1) is 8.54. The topological polar surface area (TPSA) is 39.1 Å². The highest BCUT2D eigenvalue weighted by atomic mass is 19.1. The summed E-state index contributed by atoms with van der Waals surface area (Å²) < 4.78 is 12.9. The van der Waals surface area contributed by atoms with Gasteiger partial charge in [-0.3, -0.25) is 5.32 Å². The molecule has 0 aliphatic carbocycles. The van der Waals surface area contributed by atoms with Crippen molar-refractivity contribution in [3.8, 4) is 6.07 Å². The Hall–Kier alpha value is -1.60. The van der Waals surface area contributed by atoms with E-state index >= 15 is 0 Å². The molecule has 1 N–H and O–H groups in total. The van der Waals surface area contributed by atoms with E-state index in [0.717, 1.165) is 18.8 Å². The van der Waals surface area contributed by atoms with Gasteiger partial charge in [0, 0.05) is 18.8 Å². The summed E-state index contributed by atoms with van der Waals surface area (Å²) in [5, 5.41) is 12.4. The summed E-state index contributed by atoms with van der Waals surface area (Å²) in [6.07, 6.45) is 0. The van der Waals surface area contributed by atoms with Crippen molar-refractivity contribution in [3.05, 3.63) is 30.1 Å². The van der Waals surface area contributed by atoms with Gasteiger partial charge in [-0.15, -0.1) is 0 Å². The second-order valence-electron chi connectivity index (χ2n) is 4.46. The van der Waals surface area contributed by atoms with Gasteiger partial charge in [0.05, 0.1) is 6.07 Å². The molecule has 0 aliphatic rings. The van der Waals surface area contributed by atoms with Gasteiger partial charge in [-0.25, -0.2) is 4.39 Å². The normalized spacial score (nSPS) is 13.7. The van der Waals surface area contributed by atoms with Crippen LogP contribution in [0.3, 0.4) is 0 Å². The zero-order valence-electron chi connectivity index (χ0n) is 11.2. The summed E-state index contributed by atoms with van der Waals surface area (Å²) in [4.78, 5) is 2.06. The third kappa shape index (κ3) is 3.71. The molecule has 1 aromatic rings. The van der Waals surface area contributed by atoms with Crippen LogP contribution in [-0.2, 0) is 0 Å². The predicted octanol–water partition coefficient (Wildman–Crippen LogP) is 2.54. The molecule has 18 heavy (non-hydrogen) atoms. The van der Waals surface area contributed by atoms with Crippen molar-refractivity contribution in [2.45, 2.75) is 26.3 Å². The van der Waals surface area contributed by atoms with Crippen molar-refractivity contribution in [2.75, 3.05) is 24.5 Å². The lowest BCUT2D eigenvalue weighted by Crippen LogP contribution is -2.50. The maximum atomic E-state index is 12.9. The highest BCUT2D eigenvalue weighted by molar-refractivity contribution is 5.47. The number of likely N-dealkylation sites (N-methyl/N-ethyl adjacent to an activating group) is 2. The van der Waals surface area contributed by atoms with Crippen molar-refractivity contribution in [1.82, 2.24) is 5.32 Å². The average molecular weight is 249 g/mol. The van der Waals surface area contributed by atoms with Crippen LogP contribution in [0.2, 0.25) is 0 Å². The van der Waals surface area contributed by atoms with Crippen LogP contribution in [0.5, 0.6) is 0 Å². The Morgan fingerprint density at radius 1 is 1.33 bits per heavy atom. The Kier molecular flexibility index (Phi) is 5.11.